The molecule has 1 aromatic carbocycles. The topological polar surface area (TPSA) is 12.0 Å². The third-order valence-electron chi connectivity index (χ3n) is 3.06. The van der Waals surface area contributed by atoms with Gasteiger partial charge in [-0.3, -0.25) is 0 Å². The Morgan fingerprint density at radius 3 is 2.73 bits per heavy atom. The van der Waals surface area contributed by atoms with Crippen LogP contribution in [0.15, 0.2) is 24.3 Å². The molecule has 1 aliphatic rings. The maximum absolute atomic E-state index is 13.7. The van der Waals surface area contributed by atoms with E-state index >= 15 is 0 Å². The lowest BCUT2D eigenvalue weighted by atomic mass is 9.86. The molecule has 0 radical (unpaired) electrons. The van der Waals surface area contributed by atoms with Crippen molar-refractivity contribution in [3.63, 3.8) is 0 Å². The monoisotopic (exact) mass is 211 g/mol. The van der Waals surface area contributed by atoms with Gasteiger partial charge in [0.15, 0.2) is 0 Å². The van der Waals surface area contributed by atoms with Crippen LogP contribution < -0.4 is 5.32 Å². The van der Waals surface area contributed by atoms with Gasteiger partial charge in [0.25, 0.3) is 5.92 Å². The van der Waals surface area contributed by atoms with Crippen LogP contribution >= 0.6 is 0 Å². The Morgan fingerprint density at radius 1 is 1.33 bits per heavy atom. The Balaban J connectivity index is 2.33. The number of halogens is 2. The third kappa shape index (κ3) is 2.02. The van der Waals surface area contributed by atoms with Gasteiger partial charge in [0.1, 0.15) is 0 Å². The number of piperidine rings is 1. The highest BCUT2D eigenvalue weighted by Gasteiger charge is 2.42. The summed E-state index contributed by atoms with van der Waals surface area (Å²) in [6, 6.07) is 7.40. The molecule has 0 saturated carbocycles. The minimum Gasteiger partial charge on any atom is -0.316 e. The molecule has 0 amide bonds. The van der Waals surface area contributed by atoms with Gasteiger partial charge in [0, 0.05) is 19.5 Å². The first-order valence-electron chi connectivity index (χ1n) is 5.25. The Bertz CT molecular complexity index is 349. The zero-order valence-corrected chi connectivity index (χ0v) is 8.76. The first kappa shape index (κ1) is 10.6. The molecule has 0 aromatic heterocycles. The summed E-state index contributed by atoms with van der Waals surface area (Å²) in [4.78, 5) is 0. The molecule has 0 bridgehead atoms. The van der Waals surface area contributed by atoms with E-state index in [2.05, 4.69) is 5.32 Å². The molecule has 1 fully saturated rings. The van der Waals surface area contributed by atoms with Crippen LogP contribution in [0.2, 0.25) is 0 Å². The van der Waals surface area contributed by atoms with E-state index in [-0.39, 0.29) is 6.42 Å². The van der Waals surface area contributed by atoms with E-state index in [0.29, 0.717) is 13.1 Å². The van der Waals surface area contributed by atoms with E-state index in [1.807, 2.05) is 25.1 Å². The van der Waals surface area contributed by atoms with Gasteiger partial charge in [-0.05, 0) is 18.1 Å². The molecular weight excluding hydrogens is 196 g/mol. The second-order valence-corrected chi connectivity index (χ2v) is 4.12. The average molecular weight is 211 g/mol. The van der Waals surface area contributed by atoms with Crippen molar-refractivity contribution in [3.8, 4) is 0 Å². The molecule has 1 unspecified atom stereocenters. The highest BCUT2D eigenvalue weighted by Crippen LogP contribution is 2.38. The van der Waals surface area contributed by atoms with Crippen molar-refractivity contribution in [3.05, 3.63) is 35.4 Å². The number of aryl methyl sites for hydroxylation is 1. The minimum atomic E-state index is -2.57. The second-order valence-electron chi connectivity index (χ2n) is 4.12. The van der Waals surface area contributed by atoms with Crippen LogP contribution in [0.5, 0.6) is 0 Å². The smallest absolute Gasteiger partial charge is 0.257 e. The molecule has 1 atom stereocenters. The van der Waals surface area contributed by atoms with Crippen LogP contribution in [0.3, 0.4) is 0 Å². The predicted molar refractivity (Wildman–Crippen MR) is 56.4 cm³/mol. The Morgan fingerprint density at radius 2 is 2.07 bits per heavy atom. The van der Waals surface area contributed by atoms with Crippen LogP contribution in [-0.4, -0.2) is 19.0 Å². The Labute approximate surface area is 88.5 Å². The summed E-state index contributed by atoms with van der Waals surface area (Å²) in [6.45, 7) is 2.67. The zero-order chi connectivity index (χ0) is 10.9. The number of nitrogens with one attached hydrogen (secondary N) is 1. The Kier molecular flexibility index (Phi) is 2.74. The molecule has 1 aliphatic heterocycles. The summed E-state index contributed by atoms with van der Waals surface area (Å²) in [5, 5.41) is 3.04. The largest absolute Gasteiger partial charge is 0.316 e. The molecule has 1 heterocycles. The molecule has 82 valence electrons. The van der Waals surface area contributed by atoms with Crippen molar-refractivity contribution in [2.45, 2.75) is 25.2 Å². The van der Waals surface area contributed by atoms with Gasteiger partial charge in [-0.1, -0.05) is 24.3 Å². The van der Waals surface area contributed by atoms with Crippen LogP contribution in [0.4, 0.5) is 8.78 Å². The van der Waals surface area contributed by atoms with Crippen LogP contribution in [0.25, 0.3) is 0 Å². The zero-order valence-electron chi connectivity index (χ0n) is 8.76. The third-order valence-corrected chi connectivity index (χ3v) is 3.06. The van der Waals surface area contributed by atoms with E-state index in [0.717, 1.165) is 11.1 Å². The van der Waals surface area contributed by atoms with Crippen molar-refractivity contribution in [2.24, 2.45) is 0 Å². The number of alkyl halides is 2. The lowest BCUT2D eigenvalue weighted by Crippen LogP contribution is -2.43. The molecule has 1 aromatic rings. The van der Waals surface area contributed by atoms with Gasteiger partial charge in [-0.2, -0.15) is 0 Å². The van der Waals surface area contributed by atoms with E-state index in [1.54, 1.807) is 6.07 Å². The Hall–Kier alpha value is -0.960. The van der Waals surface area contributed by atoms with E-state index in [9.17, 15) is 8.78 Å². The maximum atomic E-state index is 13.7. The van der Waals surface area contributed by atoms with Crippen LogP contribution in [0, 0.1) is 6.92 Å². The molecule has 2 rings (SSSR count). The summed E-state index contributed by atoms with van der Waals surface area (Å²) >= 11 is 0. The molecule has 1 N–H and O–H groups in total. The van der Waals surface area contributed by atoms with Crippen molar-refractivity contribution in [1.82, 2.24) is 5.32 Å². The minimum absolute atomic E-state index is 0.0635. The number of hydrogen-bond donors (Lipinski definition) is 1. The molecule has 3 heteroatoms. The van der Waals surface area contributed by atoms with E-state index in [1.165, 1.54) is 0 Å². The van der Waals surface area contributed by atoms with Gasteiger partial charge in [0.05, 0.1) is 5.92 Å². The second kappa shape index (κ2) is 3.89. The first-order chi connectivity index (χ1) is 7.11. The summed E-state index contributed by atoms with van der Waals surface area (Å²) < 4.78 is 27.4. The van der Waals surface area contributed by atoms with Gasteiger partial charge in [-0.15, -0.1) is 0 Å². The summed E-state index contributed by atoms with van der Waals surface area (Å²) in [5.74, 6) is -3.25. The van der Waals surface area contributed by atoms with Crippen molar-refractivity contribution in [2.75, 3.05) is 13.1 Å². The normalized spacial score (nSPS) is 25.1. The van der Waals surface area contributed by atoms with Crippen LogP contribution in [0.1, 0.15) is 23.5 Å². The van der Waals surface area contributed by atoms with Gasteiger partial charge < -0.3 is 5.32 Å². The number of hydrogen-bond acceptors (Lipinski definition) is 1. The van der Waals surface area contributed by atoms with Crippen molar-refractivity contribution in [1.29, 1.82) is 0 Å². The fourth-order valence-corrected chi connectivity index (χ4v) is 2.14. The standard InChI is InChI=1S/C12H15F2N/c1-9-4-2-3-5-10(9)11-8-15-7-6-12(11,13)14/h2-5,11,15H,6-8H2,1H3. The molecule has 0 aliphatic carbocycles. The number of rotatable bonds is 1. The van der Waals surface area contributed by atoms with E-state index in [4.69, 9.17) is 0 Å². The maximum Gasteiger partial charge on any atom is 0.257 e. The SMILES string of the molecule is Cc1ccccc1C1CNCCC1(F)F. The number of benzene rings is 1. The molecule has 0 spiro atoms. The lowest BCUT2D eigenvalue weighted by molar-refractivity contribution is -0.0481. The van der Waals surface area contributed by atoms with E-state index < -0.39 is 11.8 Å². The average Bonchev–Trinajstić information content (AvgIpc) is 2.19. The fraction of sp³-hybridized carbons (Fsp3) is 0.500. The predicted octanol–water partition coefficient (Wildman–Crippen LogP) is 2.71. The molecule has 1 saturated heterocycles. The summed E-state index contributed by atoms with van der Waals surface area (Å²) in [6.07, 6.45) is -0.0635. The highest BCUT2D eigenvalue weighted by molar-refractivity contribution is 5.31. The van der Waals surface area contributed by atoms with Crippen molar-refractivity contribution < 1.29 is 8.78 Å². The first-order valence-corrected chi connectivity index (χ1v) is 5.25. The quantitative estimate of drug-likeness (QED) is 0.753. The van der Waals surface area contributed by atoms with Gasteiger partial charge in [0.2, 0.25) is 0 Å². The van der Waals surface area contributed by atoms with Crippen molar-refractivity contribution >= 4 is 0 Å². The van der Waals surface area contributed by atoms with Gasteiger partial charge >= 0.3 is 0 Å². The fourth-order valence-electron chi connectivity index (χ4n) is 2.14. The lowest BCUT2D eigenvalue weighted by Gasteiger charge is -2.33. The molecule has 15 heavy (non-hydrogen) atoms. The van der Waals surface area contributed by atoms with Crippen LogP contribution in [-0.2, 0) is 0 Å². The molecule has 1 nitrogen and oxygen atoms in total. The summed E-state index contributed by atoms with van der Waals surface area (Å²) in [5.41, 5.74) is 1.72. The van der Waals surface area contributed by atoms with Gasteiger partial charge in [-0.25, -0.2) is 8.78 Å². The highest BCUT2D eigenvalue weighted by atomic mass is 19.3. The summed E-state index contributed by atoms with van der Waals surface area (Å²) in [7, 11) is 0. The molecular formula is C12H15F2N.